The molecule has 1 atom stereocenters. The molecule has 1 aromatic heterocycles. The lowest BCUT2D eigenvalue weighted by molar-refractivity contribution is 0.379. The van der Waals surface area contributed by atoms with Gasteiger partial charge in [-0.15, -0.1) is 0 Å². The fourth-order valence-electron chi connectivity index (χ4n) is 2.33. The number of guanidine groups is 1. The Kier molecular flexibility index (Phi) is 6.23. The van der Waals surface area contributed by atoms with Gasteiger partial charge in [0, 0.05) is 12.5 Å². The Balaban J connectivity index is 1.97. The van der Waals surface area contributed by atoms with Crippen LogP contribution in [0.4, 0.5) is 4.39 Å². The molecule has 0 saturated carbocycles. The van der Waals surface area contributed by atoms with Crippen LogP contribution in [0.2, 0.25) is 0 Å². The van der Waals surface area contributed by atoms with Crippen LogP contribution in [0, 0.1) is 5.82 Å². The van der Waals surface area contributed by atoms with Gasteiger partial charge >= 0.3 is 0 Å². The molecule has 0 saturated heterocycles. The van der Waals surface area contributed by atoms with Gasteiger partial charge in [-0.1, -0.05) is 26.8 Å². The zero-order valence-electron chi connectivity index (χ0n) is 16.2. The highest BCUT2D eigenvalue weighted by Gasteiger charge is 2.19. The minimum atomic E-state index is -0.393. The number of nitrogens with one attached hydrogen (secondary N) is 2. The molecule has 142 valence electrons. The third-order valence-electron chi connectivity index (χ3n) is 3.95. The fourth-order valence-corrected chi connectivity index (χ4v) is 2.33. The van der Waals surface area contributed by atoms with Gasteiger partial charge in [-0.2, -0.15) is 0 Å². The van der Waals surface area contributed by atoms with Gasteiger partial charge in [0.05, 0.1) is 25.9 Å². The number of benzene rings is 1. The van der Waals surface area contributed by atoms with E-state index in [9.17, 15) is 4.39 Å². The third kappa shape index (κ3) is 4.97. The topological polar surface area (TPSA) is 71.7 Å². The van der Waals surface area contributed by atoms with Gasteiger partial charge in [0.25, 0.3) is 0 Å². The summed E-state index contributed by atoms with van der Waals surface area (Å²) in [6, 6.07) is 4.74. The quantitative estimate of drug-likeness (QED) is 0.629. The van der Waals surface area contributed by atoms with E-state index in [1.807, 2.05) is 13.0 Å². The van der Waals surface area contributed by atoms with E-state index in [4.69, 9.17) is 9.15 Å². The summed E-state index contributed by atoms with van der Waals surface area (Å²) in [4.78, 5) is 8.47. The average molecular weight is 362 g/mol. The van der Waals surface area contributed by atoms with Crippen molar-refractivity contribution in [2.45, 2.75) is 45.7 Å². The van der Waals surface area contributed by atoms with Gasteiger partial charge in [0.2, 0.25) is 5.89 Å². The van der Waals surface area contributed by atoms with Crippen molar-refractivity contribution in [3.63, 3.8) is 0 Å². The molecular formula is C19H27FN4O2. The molecule has 0 amide bonds. The first-order valence-electron chi connectivity index (χ1n) is 8.50. The van der Waals surface area contributed by atoms with Gasteiger partial charge in [0.15, 0.2) is 17.5 Å². The van der Waals surface area contributed by atoms with Crippen molar-refractivity contribution in [1.82, 2.24) is 15.6 Å². The van der Waals surface area contributed by atoms with Crippen LogP contribution < -0.4 is 15.4 Å². The summed E-state index contributed by atoms with van der Waals surface area (Å²) >= 11 is 0. The summed E-state index contributed by atoms with van der Waals surface area (Å²) in [6.45, 7) is 8.54. The Labute approximate surface area is 153 Å². The maximum absolute atomic E-state index is 13.9. The summed E-state index contributed by atoms with van der Waals surface area (Å²) < 4.78 is 24.6. The van der Waals surface area contributed by atoms with Crippen molar-refractivity contribution in [2.24, 2.45) is 4.99 Å². The first-order valence-corrected chi connectivity index (χ1v) is 8.50. The average Bonchev–Trinajstić information content (AvgIpc) is 3.07. The fraction of sp³-hybridized carbons (Fsp3) is 0.474. The molecule has 2 N–H and O–H groups in total. The minimum absolute atomic E-state index is 0.0852. The van der Waals surface area contributed by atoms with Crippen LogP contribution in [0.5, 0.6) is 5.75 Å². The lowest BCUT2D eigenvalue weighted by Gasteiger charge is -2.18. The number of nitrogens with zero attached hydrogens (tertiary/aromatic N) is 2. The van der Waals surface area contributed by atoms with Crippen LogP contribution in [0.1, 0.15) is 51.0 Å². The molecule has 1 heterocycles. The van der Waals surface area contributed by atoms with E-state index in [-0.39, 0.29) is 17.2 Å². The number of hydrogen-bond donors (Lipinski definition) is 2. The molecule has 7 heteroatoms. The lowest BCUT2D eigenvalue weighted by atomic mass is 9.94. The van der Waals surface area contributed by atoms with Crippen molar-refractivity contribution in [2.75, 3.05) is 14.2 Å². The highest BCUT2D eigenvalue weighted by Crippen LogP contribution is 2.23. The van der Waals surface area contributed by atoms with Crippen LogP contribution >= 0.6 is 0 Å². The van der Waals surface area contributed by atoms with Gasteiger partial charge in [-0.25, -0.2) is 9.37 Å². The molecule has 2 rings (SSSR count). The number of hydrogen-bond acceptors (Lipinski definition) is 4. The molecule has 6 nitrogen and oxygen atoms in total. The van der Waals surface area contributed by atoms with Crippen LogP contribution in [-0.4, -0.2) is 25.1 Å². The molecule has 0 aliphatic carbocycles. The van der Waals surface area contributed by atoms with Gasteiger partial charge < -0.3 is 19.8 Å². The van der Waals surface area contributed by atoms with Crippen molar-refractivity contribution in [3.8, 4) is 5.75 Å². The van der Waals surface area contributed by atoms with Crippen molar-refractivity contribution >= 4 is 5.96 Å². The Morgan fingerprint density at radius 3 is 2.65 bits per heavy atom. The summed E-state index contributed by atoms with van der Waals surface area (Å²) in [7, 11) is 3.12. The van der Waals surface area contributed by atoms with E-state index in [2.05, 4.69) is 41.4 Å². The first kappa shape index (κ1) is 19.8. The number of aliphatic imine (C=N–C) groups is 1. The molecule has 0 spiro atoms. The number of halogens is 1. The number of methoxy groups -OCH3 is 1. The smallest absolute Gasteiger partial charge is 0.213 e. The van der Waals surface area contributed by atoms with Crippen LogP contribution in [0.3, 0.4) is 0 Å². The van der Waals surface area contributed by atoms with Crippen LogP contribution in [-0.2, 0) is 12.0 Å². The molecule has 1 aromatic carbocycles. The number of rotatable bonds is 5. The number of ether oxygens (including phenoxy) is 1. The van der Waals surface area contributed by atoms with Gasteiger partial charge in [-0.05, 0) is 24.6 Å². The van der Waals surface area contributed by atoms with E-state index in [0.29, 0.717) is 18.4 Å². The molecule has 0 aliphatic heterocycles. The second-order valence-electron chi connectivity index (χ2n) is 7.05. The molecule has 2 aromatic rings. The second kappa shape index (κ2) is 8.21. The van der Waals surface area contributed by atoms with Crippen molar-refractivity contribution in [1.29, 1.82) is 0 Å². The Morgan fingerprint density at radius 2 is 2.12 bits per heavy atom. The first-order chi connectivity index (χ1) is 12.2. The zero-order chi connectivity index (χ0) is 19.3. The highest BCUT2D eigenvalue weighted by molar-refractivity contribution is 5.80. The summed E-state index contributed by atoms with van der Waals surface area (Å²) in [6.07, 6.45) is 1.75. The summed E-state index contributed by atoms with van der Waals surface area (Å²) in [5, 5.41) is 6.37. The Bertz CT molecular complexity index is 765. The standard InChI is InChI=1S/C19H27FN4O2/c1-12(13-7-8-15(25-6)14(20)9-13)24-18(21-5)23-11-17-22-10-16(26-17)19(2,3)4/h7-10,12H,11H2,1-6H3,(H2,21,23,24). The van der Waals surface area contributed by atoms with Gasteiger partial charge in [-0.3, -0.25) is 4.99 Å². The number of aromatic nitrogens is 1. The molecule has 0 fully saturated rings. The zero-order valence-corrected chi connectivity index (χ0v) is 16.2. The van der Waals surface area contributed by atoms with Crippen molar-refractivity contribution < 1.29 is 13.5 Å². The normalized spacial score (nSPS) is 13.4. The van der Waals surface area contributed by atoms with Crippen molar-refractivity contribution in [3.05, 3.63) is 47.4 Å². The van der Waals surface area contributed by atoms with E-state index in [1.165, 1.54) is 13.2 Å². The second-order valence-corrected chi connectivity index (χ2v) is 7.05. The van der Waals surface area contributed by atoms with Gasteiger partial charge in [0.1, 0.15) is 5.76 Å². The van der Waals surface area contributed by atoms with Crippen LogP contribution in [0.25, 0.3) is 0 Å². The number of oxazole rings is 1. The maximum Gasteiger partial charge on any atom is 0.213 e. The van der Waals surface area contributed by atoms with E-state index in [0.717, 1.165) is 11.3 Å². The minimum Gasteiger partial charge on any atom is -0.494 e. The molecule has 0 aliphatic rings. The summed E-state index contributed by atoms with van der Waals surface area (Å²) in [5.74, 6) is 1.82. The molecule has 0 bridgehead atoms. The summed E-state index contributed by atoms with van der Waals surface area (Å²) in [5.41, 5.74) is 0.704. The predicted octanol–water partition coefficient (Wildman–Crippen LogP) is 3.55. The highest BCUT2D eigenvalue weighted by atomic mass is 19.1. The molecule has 1 unspecified atom stereocenters. The molecule has 0 radical (unpaired) electrons. The van der Waals surface area contributed by atoms with E-state index < -0.39 is 5.82 Å². The predicted molar refractivity (Wildman–Crippen MR) is 99.9 cm³/mol. The van der Waals surface area contributed by atoms with E-state index in [1.54, 1.807) is 19.3 Å². The lowest BCUT2D eigenvalue weighted by Crippen LogP contribution is -2.38. The third-order valence-corrected chi connectivity index (χ3v) is 3.95. The molecule has 26 heavy (non-hydrogen) atoms. The SMILES string of the molecule is CN=C(NCc1ncc(C(C)(C)C)o1)NC(C)c1ccc(OC)c(F)c1. The van der Waals surface area contributed by atoms with Crippen LogP contribution in [0.15, 0.2) is 33.8 Å². The Hall–Kier alpha value is -2.57. The maximum atomic E-state index is 13.9. The molecular weight excluding hydrogens is 335 g/mol. The monoisotopic (exact) mass is 362 g/mol. The Morgan fingerprint density at radius 1 is 1.38 bits per heavy atom. The van der Waals surface area contributed by atoms with E-state index >= 15 is 0 Å². The largest absolute Gasteiger partial charge is 0.494 e.